The van der Waals surface area contributed by atoms with Crippen molar-refractivity contribution in [2.75, 3.05) is 6.61 Å². The molecule has 0 aromatic heterocycles. The van der Waals surface area contributed by atoms with Crippen LogP contribution in [-0.4, -0.2) is 12.6 Å². The van der Waals surface area contributed by atoms with Crippen molar-refractivity contribution in [3.8, 4) is 6.07 Å². The first-order chi connectivity index (χ1) is 6.60. The smallest absolute Gasteiger partial charge is 0.326 e. The molecule has 0 aromatic rings. The number of hydrogen-bond donors (Lipinski definition) is 0. The van der Waals surface area contributed by atoms with E-state index in [4.69, 9.17) is 10.00 Å². The number of nitrogens with zero attached hydrogens (tertiary/aromatic N) is 1. The lowest BCUT2D eigenvalue weighted by molar-refractivity contribution is -0.151. The Morgan fingerprint density at radius 3 is 2.79 bits per heavy atom. The van der Waals surface area contributed by atoms with E-state index >= 15 is 0 Å². The molecule has 0 rings (SSSR count). The average molecular weight is 195 g/mol. The number of carbonyl (C=O) groups is 1. The van der Waals surface area contributed by atoms with E-state index in [2.05, 4.69) is 6.58 Å². The molecule has 0 aliphatic carbocycles. The molecule has 0 spiro atoms. The van der Waals surface area contributed by atoms with Crippen LogP contribution in [0.4, 0.5) is 0 Å². The van der Waals surface area contributed by atoms with Crippen molar-refractivity contribution in [1.29, 1.82) is 5.26 Å². The van der Waals surface area contributed by atoms with Crippen LogP contribution in [0.25, 0.3) is 0 Å². The van der Waals surface area contributed by atoms with E-state index in [-0.39, 0.29) is 0 Å². The predicted octanol–water partition coefficient (Wildman–Crippen LogP) is 2.44. The Morgan fingerprint density at radius 1 is 1.71 bits per heavy atom. The van der Waals surface area contributed by atoms with Crippen LogP contribution in [-0.2, 0) is 9.53 Å². The topological polar surface area (TPSA) is 50.1 Å². The van der Waals surface area contributed by atoms with Crippen molar-refractivity contribution in [2.45, 2.75) is 33.1 Å². The lowest BCUT2D eigenvalue weighted by Gasteiger charge is -2.18. The molecule has 0 heterocycles. The highest BCUT2D eigenvalue weighted by molar-refractivity contribution is 5.79. The summed E-state index contributed by atoms with van der Waals surface area (Å²) in [4.78, 5) is 11.4. The van der Waals surface area contributed by atoms with Crippen molar-refractivity contribution >= 4 is 5.97 Å². The molecule has 78 valence electrons. The molecule has 1 unspecified atom stereocenters. The summed E-state index contributed by atoms with van der Waals surface area (Å²) in [6.07, 6.45) is 3.90. The molecule has 0 aliphatic rings. The van der Waals surface area contributed by atoms with Crippen LogP contribution >= 0.6 is 0 Å². The molecule has 0 amide bonds. The van der Waals surface area contributed by atoms with Crippen LogP contribution in [0.2, 0.25) is 0 Å². The number of unbranched alkanes of at least 4 members (excludes halogenated alkanes) is 1. The fourth-order valence-corrected chi connectivity index (χ4v) is 1.09. The van der Waals surface area contributed by atoms with Gasteiger partial charge in [-0.1, -0.05) is 6.08 Å². The summed E-state index contributed by atoms with van der Waals surface area (Å²) in [6, 6.07) is 2.01. The molecule has 0 radical (unpaired) electrons. The van der Waals surface area contributed by atoms with Gasteiger partial charge < -0.3 is 4.74 Å². The minimum atomic E-state index is -1.00. The third kappa shape index (κ3) is 3.61. The molecule has 0 N–H and O–H groups in total. The zero-order chi connectivity index (χ0) is 11.0. The molecule has 0 aliphatic heterocycles. The van der Waals surface area contributed by atoms with E-state index in [1.807, 2.05) is 6.07 Å². The van der Waals surface area contributed by atoms with E-state index in [0.717, 1.165) is 12.8 Å². The summed E-state index contributed by atoms with van der Waals surface area (Å²) >= 11 is 0. The maximum atomic E-state index is 11.4. The zero-order valence-corrected chi connectivity index (χ0v) is 8.88. The fraction of sp³-hybridized carbons (Fsp3) is 0.636. The van der Waals surface area contributed by atoms with Crippen LogP contribution in [0, 0.1) is 16.7 Å². The van der Waals surface area contributed by atoms with Crippen LogP contribution in [0.15, 0.2) is 12.7 Å². The number of rotatable bonds is 6. The first kappa shape index (κ1) is 12.7. The van der Waals surface area contributed by atoms with Gasteiger partial charge >= 0.3 is 5.97 Å². The van der Waals surface area contributed by atoms with Gasteiger partial charge in [-0.3, -0.25) is 4.79 Å². The van der Waals surface area contributed by atoms with Gasteiger partial charge in [0.05, 0.1) is 12.7 Å². The number of esters is 1. The van der Waals surface area contributed by atoms with Gasteiger partial charge in [-0.15, -0.1) is 6.58 Å². The summed E-state index contributed by atoms with van der Waals surface area (Å²) in [5.41, 5.74) is -1.00. The van der Waals surface area contributed by atoms with Crippen molar-refractivity contribution in [3.05, 3.63) is 12.7 Å². The molecule has 0 saturated carbocycles. The standard InChI is InChI=1S/C11H17NO2/c1-4-6-7-8-11(3,9-12)10(13)14-5-2/h4H,1,5-8H2,2-3H3. The van der Waals surface area contributed by atoms with Crippen LogP contribution in [0.5, 0.6) is 0 Å². The third-order valence-corrected chi connectivity index (χ3v) is 2.06. The lowest BCUT2D eigenvalue weighted by atomic mass is 9.86. The molecule has 0 bridgehead atoms. The average Bonchev–Trinajstić information content (AvgIpc) is 2.18. The van der Waals surface area contributed by atoms with E-state index in [1.54, 1.807) is 19.9 Å². The van der Waals surface area contributed by atoms with E-state index in [1.165, 1.54) is 0 Å². The highest BCUT2D eigenvalue weighted by Gasteiger charge is 2.34. The summed E-state index contributed by atoms with van der Waals surface area (Å²) in [5, 5.41) is 8.91. The Hall–Kier alpha value is -1.30. The Balaban J connectivity index is 4.25. The molecular formula is C11H17NO2. The summed E-state index contributed by atoms with van der Waals surface area (Å²) in [7, 11) is 0. The zero-order valence-electron chi connectivity index (χ0n) is 8.88. The van der Waals surface area contributed by atoms with Gasteiger partial charge in [0.2, 0.25) is 0 Å². The number of hydrogen-bond acceptors (Lipinski definition) is 3. The first-order valence-electron chi connectivity index (χ1n) is 4.80. The second kappa shape index (κ2) is 6.20. The predicted molar refractivity (Wildman–Crippen MR) is 54.4 cm³/mol. The minimum Gasteiger partial charge on any atom is -0.465 e. The van der Waals surface area contributed by atoms with Gasteiger partial charge in [0.15, 0.2) is 5.41 Å². The SMILES string of the molecule is C=CCCCC(C)(C#N)C(=O)OCC. The third-order valence-electron chi connectivity index (χ3n) is 2.06. The van der Waals surface area contributed by atoms with Crippen molar-refractivity contribution in [3.63, 3.8) is 0 Å². The number of nitriles is 1. The Morgan fingerprint density at radius 2 is 2.36 bits per heavy atom. The van der Waals surface area contributed by atoms with Crippen molar-refractivity contribution in [1.82, 2.24) is 0 Å². The highest BCUT2D eigenvalue weighted by Crippen LogP contribution is 2.24. The maximum Gasteiger partial charge on any atom is 0.326 e. The van der Waals surface area contributed by atoms with Gasteiger partial charge in [0.25, 0.3) is 0 Å². The maximum absolute atomic E-state index is 11.4. The quantitative estimate of drug-likeness (QED) is 0.371. The molecule has 3 nitrogen and oxygen atoms in total. The van der Waals surface area contributed by atoms with Crippen LogP contribution in [0.3, 0.4) is 0 Å². The summed E-state index contributed by atoms with van der Waals surface area (Å²) in [6.45, 7) is 7.26. The van der Waals surface area contributed by atoms with E-state index < -0.39 is 11.4 Å². The van der Waals surface area contributed by atoms with Gasteiger partial charge in [0.1, 0.15) is 0 Å². The van der Waals surface area contributed by atoms with Gasteiger partial charge in [0, 0.05) is 0 Å². The van der Waals surface area contributed by atoms with Gasteiger partial charge in [-0.25, -0.2) is 0 Å². The Bertz CT molecular complexity index is 242. The highest BCUT2D eigenvalue weighted by atomic mass is 16.5. The lowest BCUT2D eigenvalue weighted by Crippen LogP contribution is -2.28. The Kier molecular flexibility index (Phi) is 5.62. The van der Waals surface area contributed by atoms with Crippen molar-refractivity contribution in [2.24, 2.45) is 5.41 Å². The second-order valence-corrected chi connectivity index (χ2v) is 3.35. The van der Waals surface area contributed by atoms with Crippen LogP contribution < -0.4 is 0 Å². The second-order valence-electron chi connectivity index (χ2n) is 3.35. The molecule has 1 atom stereocenters. The number of carbonyl (C=O) groups excluding carboxylic acids is 1. The van der Waals surface area contributed by atoms with E-state index in [9.17, 15) is 4.79 Å². The molecule has 14 heavy (non-hydrogen) atoms. The normalized spacial score (nSPS) is 13.8. The molecule has 0 saturated heterocycles. The fourth-order valence-electron chi connectivity index (χ4n) is 1.09. The molecule has 3 heteroatoms. The summed E-state index contributed by atoms with van der Waals surface area (Å²) in [5.74, 6) is -0.424. The van der Waals surface area contributed by atoms with Gasteiger partial charge in [-0.2, -0.15) is 5.26 Å². The molecule has 0 fully saturated rings. The van der Waals surface area contributed by atoms with Crippen molar-refractivity contribution < 1.29 is 9.53 Å². The first-order valence-corrected chi connectivity index (χ1v) is 4.80. The number of ether oxygens (including phenoxy) is 1. The number of allylic oxidation sites excluding steroid dienone is 1. The summed E-state index contributed by atoms with van der Waals surface area (Å²) < 4.78 is 4.84. The molecule has 0 aromatic carbocycles. The largest absolute Gasteiger partial charge is 0.465 e. The van der Waals surface area contributed by atoms with E-state index in [0.29, 0.717) is 13.0 Å². The van der Waals surface area contributed by atoms with Gasteiger partial charge in [-0.05, 0) is 33.1 Å². The molecular weight excluding hydrogens is 178 g/mol. The van der Waals surface area contributed by atoms with Crippen LogP contribution in [0.1, 0.15) is 33.1 Å². The minimum absolute atomic E-state index is 0.317. The monoisotopic (exact) mass is 195 g/mol. The Labute approximate surface area is 85.4 Å².